The summed E-state index contributed by atoms with van der Waals surface area (Å²) in [4.78, 5) is 27.0. The fraction of sp³-hybridized carbons (Fsp3) is 0.286. The summed E-state index contributed by atoms with van der Waals surface area (Å²) in [5, 5.41) is 18.2. The number of aromatic nitrogens is 3. The normalized spacial score (nSPS) is 10.4. The Kier molecular flexibility index (Phi) is 4.32. The van der Waals surface area contributed by atoms with Crippen molar-refractivity contribution in [2.75, 3.05) is 5.32 Å². The van der Waals surface area contributed by atoms with Gasteiger partial charge >= 0.3 is 5.97 Å². The molecule has 110 valence electrons. The second-order valence-corrected chi connectivity index (χ2v) is 4.64. The van der Waals surface area contributed by atoms with Crippen molar-refractivity contribution in [3.05, 3.63) is 41.0 Å². The molecule has 3 N–H and O–H groups in total. The number of rotatable bonds is 5. The lowest BCUT2D eigenvalue weighted by atomic mass is 10.1. The highest BCUT2D eigenvalue weighted by atomic mass is 16.4. The molecule has 7 heteroatoms. The molecule has 0 spiro atoms. The molecule has 1 aromatic carbocycles. The Morgan fingerprint density at radius 1 is 1.38 bits per heavy atom. The third-order valence-electron chi connectivity index (χ3n) is 2.94. The number of carboxylic acid groups (broad SMARTS) is 1. The van der Waals surface area contributed by atoms with Crippen molar-refractivity contribution in [2.45, 2.75) is 26.7 Å². The molecule has 2 rings (SSSR count). The Hall–Kier alpha value is -2.70. The molecule has 0 atom stereocenters. The van der Waals surface area contributed by atoms with Crippen molar-refractivity contribution in [3.63, 3.8) is 0 Å². The van der Waals surface area contributed by atoms with Crippen LogP contribution in [0.1, 0.15) is 45.7 Å². The summed E-state index contributed by atoms with van der Waals surface area (Å²) in [6.07, 6.45) is 1.64. The lowest BCUT2D eigenvalue weighted by Crippen LogP contribution is -2.14. The van der Waals surface area contributed by atoms with Crippen LogP contribution in [0.4, 0.5) is 5.69 Å². The largest absolute Gasteiger partial charge is 0.478 e. The molecule has 0 radical (unpaired) electrons. The number of aryl methyl sites for hydroxylation is 2. The van der Waals surface area contributed by atoms with E-state index in [1.807, 2.05) is 6.92 Å². The van der Waals surface area contributed by atoms with Gasteiger partial charge in [0.1, 0.15) is 5.82 Å². The number of nitrogens with zero attached hydrogens (tertiary/aromatic N) is 2. The van der Waals surface area contributed by atoms with Gasteiger partial charge in [0.2, 0.25) is 5.82 Å². The molecule has 7 nitrogen and oxygen atoms in total. The number of nitrogens with one attached hydrogen (secondary N) is 2. The van der Waals surface area contributed by atoms with Gasteiger partial charge in [-0.15, -0.1) is 5.10 Å². The van der Waals surface area contributed by atoms with E-state index in [1.54, 1.807) is 13.0 Å². The highest BCUT2D eigenvalue weighted by molar-refractivity contribution is 6.02. The van der Waals surface area contributed by atoms with Crippen LogP contribution in [-0.2, 0) is 6.42 Å². The molecule has 1 heterocycles. The summed E-state index contributed by atoms with van der Waals surface area (Å²) in [6, 6.07) is 4.59. The predicted octanol–water partition coefficient (Wildman–Crippen LogP) is 2.02. The third-order valence-corrected chi connectivity index (χ3v) is 2.94. The smallest absolute Gasteiger partial charge is 0.335 e. The van der Waals surface area contributed by atoms with Crippen LogP contribution in [0.25, 0.3) is 0 Å². The molecule has 0 bridgehead atoms. The zero-order valence-electron chi connectivity index (χ0n) is 11.8. The predicted molar refractivity (Wildman–Crippen MR) is 76.5 cm³/mol. The first-order valence-electron chi connectivity index (χ1n) is 6.57. The van der Waals surface area contributed by atoms with Gasteiger partial charge in [-0.05, 0) is 37.1 Å². The quantitative estimate of drug-likeness (QED) is 0.780. The Morgan fingerprint density at radius 3 is 2.76 bits per heavy atom. The molecular formula is C14H16N4O3. The van der Waals surface area contributed by atoms with Gasteiger partial charge in [-0.3, -0.25) is 9.89 Å². The molecule has 0 saturated carbocycles. The minimum Gasteiger partial charge on any atom is -0.478 e. The summed E-state index contributed by atoms with van der Waals surface area (Å²) < 4.78 is 0. The van der Waals surface area contributed by atoms with Gasteiger partial charge in [-0.2, -0.15) is 0 Å². The molecule has 0 aliphatic heterocycles. The Bertz CT molecular complexity index is 679. The maximum atomic E-state index is 12.0. The standard InChI is InChI=1S/C14H16N4O3/c1-3-4-11-16-12(18-17-11)13(19)15-9-5-6-10(14(20)21)8(2)7-9/h5-7H,3-4H2,1-2H3,(H,15,19)(H,20,21)(H,16,17,18). The number of aromatic amines is 1. The van der Waals surface area contributed by atoms with E-state index in [1.165, 1.54) is 12.1 Å². The van der Waals surface area contributed by atoms with E-state index in [-0.39, 0.29) is 11.4 Å². The van der Waals surface area contributed by atoms with Crippen LogP contribution >= 0.6 is 0 Å². The SMILES string of the molecule is CCCc1nc(C(=O)Nc2ccc(C(=O)O)c(C)c2)n[nH]1. The van der Waals surface area contributed by atoms with Crippen LogP contribution in [0.2, 0.25) is 0 Å². The average molecular weight is 288 g/mol. The lowest BCUT2D eigenvalue weighted by Gasteiger charge is -2.06. The van der Waals surface area contributed by atoms with Gasteiger partial charge in [0.15, 0.2) is 0 Å². The van der Waals surface area contributed by atoms with Crippen LogP contribution in [0.15, 0.2) is 18.2 Å². The van der Waals surface area contributed by atoms with Crippen molar-refractivity contribution in [1.29, 1.82) is 0 Å². The minimum absolute atomic E-state index is 0.0680. The second kappa shape index (κ2) is 6.17. The maximum Gasteiger partial charge on any atom is 0.335 e. The van der Waals surface area contributed by atoms with Crippen LogP contribution in [0.5, 0.6) is 0 Å². The summed E-state index contributed by atoms with van der Waals surface area (Å²) in [5.74, 6) is -0.696. The van der Waals surface area contributed by atoms with E-state index in [2.05, 4.69) is 20.5 Å². The topological polar surface area (TPSA) is 108 Å². The zero-order valence-corrected chi connectivity index (χ0v) is 11.8. The minimum atomic E-state index is -0.997. The van der Waals surface area contributed by atoms with Gasteiger partial charge in [0.25, 0.3) is 5.91 Å². The van der Waals surface area contributed by atoms with Gasteiger partial charge in [0.05, 0.1) is 5.56 Å². The number of anilines is 1. The van der Waals surface area contributed by atoms with Gasteiger partial charge < -0.3 is 10.4 Å². The first-order chi connectivity index (χ1) is 10.0. The Balaban J connectivity index is 2.11. The fourth-order valence-electron chi connectivity index (χ4n) is 1.91. The first-order valence-corrected chi connectivity index (χ1v) is 6.57. The third kappa shape index (κ3) is 3.44. The molecule has 2 aromatic rings. The maximum absolute atomic E-state index is 12.0. The number of carbonyl (C=O) groups is 2. The van der Waals surface area contributed by atoms with Gasteiger partial charge in [-0.1, -0.05) is 6.92 Å². The fourth-order valence-corrected chi connectivity index (χ4v) is 1.91. The van der Waals surface area contributed by atoms with Crippen molar-refractivity contribution >= 4 is 17.6 Å². The Morgan fingerprint density at radius 2 is 2.14 bits per heavy atom. The number of hydrogen-bond acceptors (Lipinski definition) is 4. The van der Waals surface area contributed by atoms with Crippen LogP contribution in [-0.4, -0.2) is 32.2 Å². The lowest BCUT2D eigenvalue weighted by molar-refractivity contribution is 0.0696. The summed E-state index contributed by atoms with van der Waals surface area (Å²) in [5.41, 5.74) is 1.28. The van der Waals surface area contributed by atoms with Crippen LogP contribution in [0, 0.1) is 6.92 Å². The number of amides is 1. The van der Waals surface area contributed by atoms with Crippen molar-refractivity contribution < 1.29 is 14.7 Å². The zero-order chi connectivity index (χ0) is 15.4. The second-order valence-electron chi connectivity index (χ2n) is 4.64. The highest BCUT2D eigenvalue weighted by Gasteiger charge is 2.14. The number of hydrogen-bond donors (Lipinski definition) is 3. The van der Waals surface area contributed by atoms with E-state index in [9.17, 15) is 9.59 Å². The molecule has 0 aliphatic carbocycles. The van der Waals surface area contributed by atoms with E-state index in [0.717, 1.165) is 12.8 Å². The molecular weight excluding hydrogens is 272 g/mol. The number of benzene rings is 1. The van der Waals surface area contributed by atoms with E-state index in [4.69, 9.17) is 5.11 Å². The van der Waals surface area contributed by atoms with Gasteiger partial charge in [-0.25, -0.2) is 9.78 Å². The molecule has 1 amide bonds. The van der Waals surface area contributed by atoms with E-state index >= 15 is 0 Å². The molecule has 0 unspecified atom stereocenters. The monoisotopic (exact) mass is 288 g/mol. The molecule has 1 aromatic heterocycles. The summed E-state index contributed by atoms with van der Waals surface area (Å²) >= 11 is 0. The van der Waals surface area contributed by atoms with Gasteiger partial charge in [0, 0.05) is 12.1 Å². The molecule has 0 aliphatic rings. The average Bonchev–Trinajstić information content (AvgIpc) is 2.87. The summed E-state index contributed by atoms with van der Waals surface area (Å²) in [6.45, 7) is 3.68. The van der Waals surface area contributed by atoms with Crippen molar-refractivity contribution in [2.24, 2.45) is 0 Å². The van der Waals surface area contributed by atoms with Crippen molar-refractivity contribution in [3.8, 4) is 0 Å². The molecule has 21 heavy (non-hydrogen) atoms. The number of carboxylic acids is 1. The number of aromatic carboxylic acids is 1. The van der Waals surface area contributed by atoms with E-state index < -0.39 is 11.9 Å². The highest BCUT2D eigenvalue weighted by Crippen LogP contribution is 2.15. The van der Waals surface area contributed by atoms with Crippen LogP contribution < -0.4 is 5.32 Å². The Labute approximate surface area is 121 Å². The number of carbonyl (C=O) groups excluding carboxylic acids is 1. The number of H-pyrrole nitrogens is 1. The van der Waals surface area contributed by atoms with Crippen LogP contribution in [0.3, 0.4) is 0 Å². The van der Waals surface area contributed by atoms with E-state index in [0.29, 0.717) is 17.1 Å². The molecule has 0 fully saturated rings. The molecule has 0 saturated heterocycles. The first kappa shape index (κ1) is 14.7. The summed E-state index contributed by atoms with van der Waals surface area (Å²) in [7, 11) is 0. The van der Waals surface area contributed by atoms with Crippen molar-refractivity contribution in [1.82, 2.24) is 15.2 Å².